The van der Waals surface area contributed by atoms with Gasteiger partial charge in [-0.15, -0.1) is 0 Å². The first-order valence-electron chi connectivity index (χ1n) is 3.66. The van der Waals surface area contributed by atoms with Crippen LogP contribution < -0.4 is 0 Å². The van der Waals surface area contributed by atoms with Crippen LogP contribution in [0.3, 0.4) is 0 Å². The number of rotatable bonds is 1. The van der Waals surface area contributed by atoms with Crippen molar-refractivity contribution in [1.82, 2.24) is 9.97 Å². The summed E-state index contributed by atoms with van der Waals surface area (Å²) >= 11 is 0. The van der Waals surface area contributed by atoms with Crippen LogP contribution in [-0.4, -0.2) is 9.97 Å². The van der Waals surface area contributed by atoms with Gasteiger partial charge in [-0.3, -0.25) is 0 Å². The van der Waals surface area contributed by atoms with Crippen LogP contribution >= 0.6 is 0 Å². The maximum Gasteiger partial charge on any atom is 0.154 e. The standard InChI is InChI=1S/C9H12N2/c1-4-8(3)9-10-5-7(2)6-11-9/h4-6H,1-3H3/b8-4-. The highest BCUT2D eigenvalue weighted by atomic mass is 14.9. The fourth-order valence-corrected chi connectivity index (χ4v) is 0.725. The molecule has 0 saturated heterocycles. The lowest BCUT2D eigenvalue weighted by atomic mass is 10.2. The zero-order valence-corrected chi connectivity index (χ0v) is 7.13. The third-order valence-electron chi connectivity index (χ3n) is 1.57. The van der Waals surface area contributed by atoms with Gasteiger partial charge in [0.2, 0.25) is 0 Å². The van der Waals surface area contributed by atoms with Gasteiger partial charge in [-0.2, -0.15) is 0 Å². The van der Waals surface area contributed by atoms with E-state index in [0.717, 1.165) is 17.0 Å². The Morgan fingerprint density at radius 2 is 1.91 bits per heavy atom. The normalized spacial score (nSPS) is 11.7. The molecule has 0 radical (unpaired) electrons. The van der Waals surface area contributed by atoms with E-state index in [2.05, 4.69) is 9.97 Å². The molecule has 1 heterocycles. The summed E-state index contributed by atoms with van der Waals surface area (Å²) in [6.07, 6.45) is 5.66. The number of hydrogen-bond donors (Lipinski definition) is 0. The highest BCUT2D eigenvalue weighted by molar-refractivity contribution is 5.56. The van der Waals surface area contributed by atoms with E-state index in [1.165, 1.54) is 0 Å². The largest absolute Gasteiger partial charge is 0.237 e. The quantitative estimate of drug-likeness (QED) is 0.610. The fraction of sp³-hybridized carbons (Fsp3) is 0.333. The molecular formula is C9H12N2. The summed E-state index contributed by atoms with van der Waals surface area (Å²) in [5.74, 6) is 0.818. The third-order valence-corrected chi connectivity index (χ3v) is 1.57. The van der Waals surface area contributed by atoms with Gasteiger partial charge in [0.15, 0.2) is 5.82 Å². The average molecular weight is 148 g/mol. The minimum atomic E-state index is 0.818. The lowest BCUT2D eigenvalue weighted by Gasteiger charge is -1.97. The summed E-state index contributed by atoms with van der Waals surface area (Å²) in [7, 11) is 0. The maximum atomic E-state index is 4.17. The smallest absolute Gasteiger partial charge is 0.154 e. The Labute approximate surface area is 67.0 Å². The Balaban J connectivity index is 2.99. The van der Waals surface area contributed by atoms with E-state index >= 15 is 0 Å². The van der Waals surface area contributed by atoms with E-state index in [0.29, 0.717) is 0 Å². The van der Waals surface area contributed by atoms with Gasteiger partial charge in [-0.25, -0.2) is 9.97 Å². The van der Waals surface area contributed by atoms with Crippen LogP contribution in [0.15, 0.2) is 18.5 Å². The number of allylic oxidation sites excluding steroid dienone is 2. The first-order chi connectivity index (χ1) is 5.24. The molecule has 0 N–H and O–H groups in total. The molecule has 1 rings (SSSR count). The van der Waals surface area contributed by atoms with Gasteiger partial charge in [-0.05, 0) is 31.9 Å². The van der Waals surface area contributed by atoms with Gasteiger partial charge in [0.05, 0.1) is 0 Å². The molecule has 0 bridgehead atoms. The predicted molar refractivity (Wildman–Crippen MR) is 46.1 cm³/mol. The third kappa shape index (κ3) is 1.87. The van der Waals surface area contributed by atoms with Crippen molar-refractivity contribution in [3.05, 3.63) is 29.9 Å². The van der Waals surface area contributed by atoms with Gasteiger partial charge >= 0.3 is 0 Å². The van der Waals surface area contributed by atoms with Gasteiger partial charge in [0.25, 0.3) is 0 Å². The molecule has 2 nitrogen and oxygen atoms in total. The van der Waals surface area contributed by atoms with Crippen molar-refractivity contribution >= 4 is 5.57 Å². The molecule has 0 fully saturated rings. The SMILES string of the molecule is C/C=C(/C)c1ncc(C)cn1. The maximum absolute atomic E-state index is 4.17. The number of aromatic nitrogens is 2. The van der Waals surface area contributed by atoms with Crippen LogP contribution in [0.5, 0.6) is 0 Å². The molecule has 2 heteroatoms. The number of nitrogens with zero attached hydrogens (tertiary/aromatic N) is 2. The van der Waals surface area contributed by atoms with E-state index in [1.54, 1.807) is 0 Å². The highest BCUT2D eigenvalue weighted by Crippen LogP contribution is 2.06. The molecule has 0 aliphatic heterocycles. The summed E-state index contributed by atoms with van der Waals surface area (Å²) in [5, 5.41) is 0. The van der Waals surface area contributed by atoms with Crippen molar-refractivity contribution in [3.63, 3.8) is 0 Å². The van der Waals surface area contributed by atoms with Crippen molar-refractivity contribution < 1.29 is 0 Å². The molecule has 1 aromatic heterocycles. The molecule has 58 valence electrons. The first kappa shape index (κ1) is 7.92. The lowest BCUT2D eigenvalue weighted by molar-refractivity contribution is 1.08. The molecule has 0 saturated carbocycles. The first-order valence-corrected chi connectivity index (χ1v) is 3.66. The van der Waals surface area contributed by atoms with Gasteiger partial charge in [0.1, 0.15) is 0 Å². The van der Waals surface area contributed by atoms with Crippen molar-refractivity contribution in [2.45, 2.75) is 20.8 Å². The Morgan fingerprint density at radius 1 is 1.36 bits per heavy atom. The van der Waals surface area contributed by atoms with Gasteiger partial charge < -0.3 is 0 Å². The van der Waals surface area contributed by atoms with Crippen LogP contribution in [0.25, 0.3) is 5.57 Å². The zero-order valence-electron chi connectivity index (χ0n) is 7.13. The molecule has 1 aromatic rings. The summed E-state index contributed by atoms with van der Waals surface area (Å²) in [6, 6.07) is 0. The zero-order chi connectivity index (χ0) is 8.27. The topological polar surface area (TPSA) is 25.8 Å². The summed E-state index contributed by atoms with van der Waals surface area (Å²) in [5.41, 5.74) is 2.21. The van der Waals surface area contributed by atoms with E-state index in [1.807, 2.05) is 39.2 Å². The Kier molecular flexibility index (Phi) is 2.36. The van der Waals surface area contributed by atoms with Crippen molar-refractivity contribution in [3.8, 4) is 0 Å². The Hall–Kier alpha value is -1.18. The fourth-order valence-electron chi connectivity index (χ4n) is 0.725. The molecule has 0 aliphatic carbocycles. The van der Waals surface area contributed by atoms with E-state index in [9.17, 15) is 0 Å². The lowest BCUT2D eigenvalue weighted by Crippen LogP contribution is -1.90. The average Bonchev–Trinajstić information content (AvgIpc) is 2.05. The second-order valence-electron chi connectivity index (χ2n) is 2.56. The molecule has 0 spiro atoms. The minimum Gasteiger partial charge on any atom is -0.237 e. The van der Waals surface area contributed by atoms with Crippen molar-refractivity contribution in [2.75, 3.05) is 0 Å². The van der Waals surface area contributed by atoms with E-state index < -0.39 is 0 Å². The van der Waals surface area contributed by atoms with Crippen molar-refractivity contribution in [1.29, 1.82) is 0 Å². The monoisotopic (exact) mass is 148 g/mol. The second-order valence-corrected chi connectivity index (χ2v) is 2.56. The van der Waals surface area contributed by atoms with E-state index in [4.69, 9.17) is 0 Å². The second kappa shape index (κ2) is 3.28. The van der Waals surface area contributed by atoms with Crippen LogP contribution in [-0.2, 0) is 0 Å². The molecule has 0 unspecified atom stereocenters. The molecule has 0 aromatic carbocycles. The van der Waals surface area contributed by atoms with Crippen LogP contribution in [0.4, 0.5) is 0 Å². The highest BCUT2D eigenvalue weighted by Gasteiger charge is 1.95. The molecular weight excluding hydrogens is 136 g/mol. The van der Waals surface area contributed by atoms with Crippen LogP contribution in [0, 0.1) is 6.92 Å². The van der Waals surface area contributed by atoms with Crippen LogP contribution in [0.2, 0.25) is 0 Å². The van der Waals surface area contributed by atoms with Gasteiger partial charge in [-0.1, -0.05) is 6.08 Å². The number of aryl methyl sites for hydroxylation is 1. The molecule has 0 aliphatic rings. The molecule has 0 amide bonds. The van der Waals surface area contributed by atoms with Crippen molar-refractivity contribution in [2.24, 2.45) is 0 Å². The molecule has 0 atom stereocenters. The van der Waals surface area contributed by atoms with Crippen LogP contribution in [0.1, 0.15) is 25.2 Å². The predicted octanol–water partition coefficient (Wildman–Crippen LogP) is 2.21. The van der Waals surface area contributed by atoms with Gasteiger partial charge in [0, 0.05) is 12.4 Å². The Morgan fingerprint density at radius 3 is 2.36 bits per heavy atom. The minimum absolute atomic E-state index is 0.818. The summed E-state index contributed by atoms with van der Waals surface area (Å²) < 4.78 is 0. The Bertz CT molecular complexity index is 259. The number of hydrogen-bond acceptors (Lipinski definition) is 2. The summed E-state index contributed by atoms with van der Waals surface area (Å²) in [6.45, 7) is 5.97. The van der Waals surface area contributed by atoms with E-state index in [-0.39, 0.29) is 0 Å². The molecule has 11 heavy (non-hydrogen) atoms. The summed E-state index contributed by atoms with van der Waals surface area (Å²) in [4.78, 5) is 8.34.